The van der Waals surface area contributed by atoms with E-state index >= 15 is 0 Å². The van der Waals surface area contributed by atoms with Gasteiger partial charge in [-0.05, 0) is 25.0 Å². The second-order valence-corrected chi connectivity index (χ2v) is 6.42. The van der Waals surface area contributed by atoms with Gasteiger partial charge in [-0.1, -0.05) is 37.7 Å². The smallest absolute Gasteiger partial charge is 0.316 e. The van der Waals surface area contributed by atoms with Gasteiger partial charge in [0.1, 0.15) is 11.3 Å². The first-order valence-corrected chi connectivity index (χ1v) is 8.37. The van der Waals surface area contributed by atoms with Gasteiger partial charge in [0.05, 0.1) is 0 Å². The summed E-state index contributed by atoms with van der Waals surface area (Å²) in [6.45, 7) is 5.65. The molecule has 2 aromatic rings. The van der Waals surface area contributed by atoms with Gasteiger partial charge in [-0.15, -0.1) is 0 Å². The van der Waals surface area contributed by atoms with Gasteiger partial charge in [0.25, 0.3) is 11.1 Å². The molecule has 0 fully saturated rings. The van der Waals surface area contributed by atoms with Crippen LogP contribution in [-0.4, -0.2) is 35.3 Å². The number of ether oxygens (including phenoxy) is 1. The van der Waals surface area contributed by atoms with Crippen LogP contribution >= 0.6 is 11.8 Å². The second kappa shape index (κ2) is 8.01. The van der Waals surface area contributed by atoms with Crippen LogP contribution < -0.4 is 5.32 Å². The molecule has 7 heteroatoms. The number of rotatable bonds is 7. The quantitative estimate of drug-likeness (QED) is 0.618. The number of carbonyl (C=O) groups excluding carboxylic acids is 2. The highest BCUT2D eigenvalue weighted by molar-refractivity contribution is 7.99. The summed E-state index contributed by atoms with van der Waals surface area (Å²) >= 11 is 1.14. The molecule has 1 aromatic heterocycles. The highest BCUT2D eigenvalue weighted by atomic mass is 32.2. The summed E-state index contributed by atoms with van der Waals surface area (Å²) in [5.41, 5.74) is 1.41. The fourth-order valence-corrected chi connectivity index (χ4v) is 2.32. The van der Waals surface area contributed by atoms with E-state index in [1.807, 2.05) is 45.0 Å². The van der Waals surface area contributed by atoms with E-state index in [0.29, 0.717) is 16.7 Å². The highest BCUT2D eigenvalue weighted by Crippen LogP contribution is 2.22. The Balaban J connectivity index is 1.73. The van der Waals surface area contributed by atoms with Crippen LogP contribution in [0.25, 0.3) is 11.1 Å². The van der Waals surface area contributed by atoms with E-state index in [9.17, 15) is 9.59 Å². The standard InChI is InChI=1S/C16H20N2O4S/c1-10(2)11(3)17-14(19)8-21-15(20)9-23-16-18-12-6-4-5-7-13(12)22-16/h4-7,10-11H,8-9H2,1-3H3,(H,17,19)/t11-/m0/s1. The second-order valence-electron chi connectivity index (χ2n) is 5.50. The fraction of sp³-hybridized carbons (Fsp3) is 0.438. The zero-order valence-corrected chi connectivity index (χ0v) is 14.2. The van der Waals surface area contributed by atoms with Gasteiger partial charge in [-0.25, -0.2) is 4.98 Å². The Morgan fingerprint density at radius 1 is 1.30 bits per heavy atom. The SMILES string of the molecule is CC(C)[C@H](C)NC(=O)COC(=O)CSc1nc2ccccc2o1. The summed E-state index contributed by atoms with van der Waals surface area (Å²) in [6.07, 6.45) is 0. The Kier molecular flexibility index (Phi) is 6.04. The van der Waals surface area contributed by atoms with Gasteiger partial charge in [-0.2, -0.15) is 0 Å². The predicted octanol–water partition coefficient (Wildman–Crippen LogP) is 2.62. The Morgan fingerprint density at radius 3 is 2.74 bits per heavy atom. The molecule has 2 rings (SSSR count). The van der Waals surface area contributed by atoms with Crippen molar-refractivity contribution in [3.05, 3.63) is 24.3 Å². The average Bonchev–Trinajstić information content (AvgIpc) is 2.93. The maximum absolute atomic E-state index is 11.7. The number of nitrogens with one attached hydrogen (secondary N) is 1. The molecule has 1 N–H and O–H groups in total. The fourth-order valence-electron chi connectivity index (χ4n) is 1.68. The van der Waals surface area contributed by atoms with Crippen LogP contribution in [0.15, 0.2) is 33.9 Å². The number of thioether (sulfide) groups is 1. The molecule has 1 amide bonds. The summed E-state index contributed by atoms with van der Waals surface area (Å²) in [4.78, 5) is 27.5. The van der Waals surface area contributed by atoms with Gasteiger partial charge < -0.3 is 14.5 Å². The van der Waals surface area contributed by atoms with Crippen molar-refractivity contribution < 1.29 is 18.7 Å². The van der Waals surface area contributed by atoms with E-state index < -0.39 is 5.97 Å². The molecule has 1 aromatic carbocycles. The van der Waals surface area contributed by atoms with E-state index in [2.05, 4.69) is 10.3 Å². The number of hydrogen-bond acceptors (Lipinski definition) is 6. The van der Waals surface area contributed by atoms with Crippen LogP contribution in [0.4, 0.5) is 0 Å². The van der Waals surface area contributed by atoms with Gasteiger partial charge in [0.15, 0.2) is 12.2 Å². The maximum Gasteiger partial charge on any atom is 0.316 e. The first-order valence-electron chi connectivity index (χ1n) is 7.39. The van der Waals surface area contributed by atoms with Crippen molar-refractivity contribution in [2.24, 2.45) is 5.92 Å². The van der Waals surface area contributed by atoms with E-state index in [1.54, 1.807) is 0 Å². The Hall–Kier alpha value is -2.02. The third kappa shape index (κ3) is 5.28. The van der Waals surface area contributed by atoms with Crippen molar-refractivity contribution >= 4 is 34.7 Å². The van der Waals surface area contributed by atoms with Gasteiger partial charge >= 0.3 is 5.97 Å². The minimum atomic E-state index is -0.482. The van der Waals surface area contributed by atoms with E-state index in [0.717, 1.165) is 17.3 Å². The van der Waals surface area contributed by atoms with Crippen LogP contribution in [0.1, 0.15) is 20.8 Å². The van der Waals surface area contributed by atoms with Crippen LogP contribution in [-0.2, 0) is 14.3 Å². The molecule has 0 spiro atoms. The monoisotopic (exact) mass is 336 g/mol. The Bertz CT molecular complexity index is 651. The molecule has 6 nitrogen and oxygen atoms in total. The number of amides is 1. The summed E-state index contributed by atoms with van der Waals surface area (Å²) in [6, 6.07) is 7.40. The molecular formula is C16H20N2O4S. The van der Waals surface area contributed by atoms with Crippen LogP contribution in [0.2, 0.25) is 0 Å². The number of aromatic nitrogens is 1. The van der Waals surface area contributed by atoms with Crippen molar-refractivity contribution in [2.45, 2.75) is 32.0 Å². The minimum absolute atomic E-state index is 0.0373. The summed E-state index contributed by atoms with van der Waals surface area (Å²) in [5.74, 6) is -0.416. The molecule has 23 heavy (non-hydrogen) atoms. The van der Waals surface area contributed by atoms with Crippen molar-refractivity contribution in [3.8, 4) is 0 Å². The minimum Gasteiger partial charge on any atom is -0.455 e. The molecular weight excluding hydrogens is 316 g/mol. The number of hydrogen-bond donors (Lipinski definition) is 1. The number of oxazole rings is 1. The highest BCUT2D eigenvalue weighted by Gasteiger charge is 2.14. The molecule has 0 aliphatic rings. The molecule has 0 radical (unpaired) electrons. The normalized spacial score (nSPS) is 12.3. The van der Waals surface area contributed by atoms with Crippen LogP contribution in [0.3, 0.4) is 0 Å². The summed E-state index contributed by atoms with van der Waals surface area (Å²) in [5, 5.41) is 3.18. The lowest BCUT2D eigenvalue weighted by atomic mass is 10.1. The van der Waals surface area contributed by atoms with E-state index in [4.69, 9.17) is 9.15 Å². The van der Waals surface area contributed by atoms with Crippen molar-refractivity contribution in [1.29, 1.82) is 0 Å². The first kappa shape index (κ1) is 17.3. The van der Waals surface area contributed by atoms with E-state index in [1.165, 1.54) is 0 Å². The molecule has 124 valence electrons. The molecule has 0 bridgehead atoms. The van der Waals surface area contributed by atoms with Gasteiger partial charge in [0, 0.05) is 6.04 Å². The number of fused-ring (bicyclic) bond motifs is 1. The van der Waals surface area contributed by atoms with Crippen LogP contribution in [0.5, 0.6) is 0 Å². The number of esters is 1. The Labute approximate surface area is 139 Å². The topological polar surface area (TPSA) is 81.4 Å². The molecule has 0 saturated heterocycles. The zero-order valence-electron chi connectivity index (χ0n) is 13.4. The summed E-state index contributed by atoms with van der Waals surface area (Å²) < 4.78 is 10.4. The lowest BCUT2D eigenvalue weighted by Gasteiger charge is -2.17. The largest absolute Gasteiger partial charge is 0.455 e. The average molecular weight is 336 g/mol. The molecule has 1 heterocycles. The lowest BCUT2D eigenvalue weighted by Crippen LogP contribution is -2.38. The number of carbonyl (C=O) groups is 2. The van der Waals surface area contributed by atoms with Crippen molar-refractivity contribution in [1.82, 2.24) is 10.3 Å². The van der Waals surface area contributed by atoms with E-state index in [-0.39, 0.29) is 24.3 Å². The molecule has 0 aliphatic heterocycles. The molecule has 0 saturated carbocycles. The molecule has 1 atom stereocenters. The predicted molar refractivity (Wildman–Crippen MR) is 88.1 cm³/mol. The third-order valence-corrected chi connectivity index (χ3v) is 4.14. The van der Waals surface area contributed by atoms with Gasteiger partial charge in [-0.3, -0.25) is 9.59 Å². The summed E-state index contributed by atoms with van der Waals surface area (Å²) in [7, 11) is 0. The number of nitrogens with zero attached hydrogens (tertiary/aromatic N) is 1. The maximum atomic E-state index is 11.7. The number of para-hydroxylation sites is 2. The third-order valence-electron chi connectivity index (χ3n) is 3.34. The van der Waals surface area contributed by atoms with Crippen molar-refractivity contribution in [2.75, 3.05) is 12.4 Å². The molecule has 0 aliphatic carbocycles. The first-order chi connectivity index (χ1) is 11.0. The number of benzene rings is 1. The van der Waals surface area contributed by atoms with Gasteiger partial charge in [0.2, 0.25) is 0 Å². The zero-order chi connectivity index (χ0) is 16.8. The van der Waals surface area contributed by atoms with Crippen molar-refractivity contribution in [3.63, 3.8) is 0 Å². The molecule has 0 unspecified atom stereocenters. The van der Waals surface area contributed by atoms with Crippen LogP contribution in [0, 0.1) is 5.92 Å². The Morgan fingerprint density at radius 2 is 2.04 bits per heavy atom. The lowest BCUT2D eigenvalue weighted by molar-refractivity contribution is -0.146.